The lowest BCUT2D eigenvalue weighted by Gasteiger charge is -2.23. The van der Waals surface area contributed by atoms with E-state index in [4.69, 9.17) is 4.98 Å². The molecule has 1 unspecified atom stereocenters. The number of hydrogen-bond acceptors (Lipinski definition) is 3. The summed E-state index contributed by atoms with van der Waals surface area (Å²) in [5.41, 5.74) is 3.79. The summed E-state index contributed by atoms with van der Waals surface area (Å²) in [6.07, 6.45) is 1.95. The van der Waals surface area contributed by atoms with Crippen molar-refractivity contribution in [2.45, 2.75) is 18.9 Å². The topological polar surface area (TPSA) is 52.2 Å². The van der Waals surface area contributed by atoms with Gasteiger partial charge in [-0.1, -0.05) is 12.1 Å². The average Bonchev–Trinajstić information content (AvgIpc) is 3.27. The number of anilines is 1. The Hall–Kier alpha value is -2.82. The minimum Gasteiger partial charge on any atom is -0.378 e. The van der Waals surface area contributed by atoms with Gasteiger partial charge in [0.05, 0.1) is 17.1 Å². The number of carbonyl (C=O) groups is 1. The number of imidazole rings is 1. The van der Waals surface area contributed by atoms with Crippen LogP contribution in [-0.4, -0.2) is 41.4 Å². The van der Waals surface area contributed by atoms with Gasteiger partial charge in [-0.25, -0.2) is 4.98 Å². The quantitative estimate of drug-likeness (QED) is 0.796. The molecule has 4 rings (SSSR count). The Labute approximate surface area is 147 Å². The first kappa shape index (κ1) is 15.7. The Balaban J connectivity index is 1.61. The van der Waals surface area contributed by atoms with Gasteiger partial charge in [-0.05, 0) is 49.2 Å². The van der Waals surface area contributed by atoms with Crippen LogP contribution in [0.3, 0.4) is 0 Å². The zero-order chi connectivity index (χ0) is 17.4. The van der Waals surface area contributed by atoms with Crippen LogP contribution >= 0.6 is 0 Å². The number of rotatable bonds is 3. The molecule has 2 heterocycles. The molecule has 25 heavy (non-hydrogen) atoms. The van der Waals surface area contributed by atoms with Crippen LogP contribution in [0.4, 0.5) is 5.69 Å². The van der Waals surface area contributed by atoms with Crippen molar-refractivity contribution in [3.63, 3.8) is 0 Å². The highest BCUT2D eigenvalue weighted by Crippen LogP contribution is 2.32. The van der Waals surface area contributed by atoms with Gasteiger partial charge in [0, 0.05) is 31.9 Å². The molecule has 0 spiro atoms. The first-order valence-electron chi connectivity index (χ1n) is 8.66. The second-order valence-corrected chi connectivity index (χ2v) is 6.74. The lowest BCUT2D eigenvalue weighted by molar-refractivity contribution is 0.0730. The molecule has 3 aromatic rings. The summed E-state index contributed by atoms with van der Waals surface area (Å²) in [6, 6.07) is 15.8. The smallest absolute Gasteiger partial charge is 0.254 e. The van der Waals surface area contributed by atoms with Crippen molar-refractivity contribution >= 4 is 22.6 Å². The Morgan fingerprint density at radius 1 is 1.16 bits per heavy atom. The second-order valence-electron chi connectivity index (χ2n) is 6.74. The van der Waals surface area contributed by atoms with Gasteiger partial charge in [-0.2, -0.15) is 0 Å². The highest BCUT2D eigenvalue weighted by Gasteiger charge is 2.32. The molecule has 1 aliphatic heterocycles. The van der Waals surface area contributed by atoms with Crippen molar-refractivity contribution in [3.8, 4) is 0 Å². The molecule has 1 aromatic heterocycles. The standard InChI is InChI=1S/C20H22N4O/c1-23(2)15-11-9-14(10-12-15)20(25)24-13-5-8-18(24)19-21-16-6-3-4-7-17(16)22-19/h3-4,6-7,9-12,18H,5,8,13H2,1-2H3,(H,21,22). The predicted molar refractivity (Wildman–Crippen MR) is 99.9 cm³/mol. The van der Waals surface area contributed by atoms with Gasteiger partial charge in [-0.3, -0.25) is 4.79 Å². The molecule has 5 heteroatoms. The molecule has 0 saturated carbocycles. The first-order valence-corrected chi connectivity index (χ1v) is 8.66. The molecule has 1 N–H and O–H groups in total. The summed E-state index contributed by atoms with van der Waals surface area (Å²) >= 11 is 0. The number of likely N-dealkylation sites (tertiary alicyclic amines) is 1. The lowest BCUT2D eigenvalue weighted by Crippen LogP contribution is -2.31. The van der Waals surface area contributed by atoms with Gasteiger partial charge in [0.2, 0.25) is 0 Å². The molecular weight excluding hydrogens is 312 g/mol. The van der Waals surface area contributed by atoms with Crippen LogP contribution < -0.4 is 4.90 Å². The van der Waals surface area contributed by atoms with Crippen LogP contribution in [0.1, 0.15) is 35.1 Å². The SMILES string of the molecule is CN(C)c1ccc(C(=O)N2CCCC2c2nc3ccccc3[nH]2)cc1. The minimum absolute atomic E-state index is 0.0217. The number of benzene rings is 2. The largest absolute Gasteiger partial charge is 0.378 e. The number of fused-ring (bicyclic) bond motifs is 1. The zero-order valence-corrected chi connectivity index (χ0v) is 14.6. The summed E-state index contributed by atoms with van der Waals surface area (Å²) in [7, 11) is 3.99. The Bertz CT molecular complexity index is 864. The van der Waals surface area contributed by atoms with E-state index in [1.165, 1.54) is 0 Å². The first-order chi connectivity index (χ1) is 12.1. The van der Waals surface area contributed by atoms with Crippen molar-refractivity contribution in [2.75, 3.05) is 25.5 Å². The average molecular weight is 334 g/mol. The van der Waals surface area contributed by atoms with Gasteiger partial charge in [-0.15, -0.1) is 0 Å². The van der Waals surface area contributed by atoms with E-state index >= 15 is 0 Å². The molecule has 1 saturated heterocycles. The summed E-state index contributed by atoms with van der Waals surface area (Å²) < 4.78 is 0. The van der Waals surface area contributed by atoms with Gasteiger partial charge < -0.3 is 14.8 Å². The van der Waals surface area contributed by atoms with Crippen LogP contribution in [0.25, 0.3) is 11.0 Å². The maximum absolute atomic E-state index is 13.0. The van der Waals surface area contributed by atoms with E-state index < -0.39 is 0 Å². The highest BCUT2D eigenvalue weighted by molar-refractivity contribution is 5.95. The lowest BCUT2D eigenvalue weighted by atomic mass is 10.1. The number of aromatic amines is 1. The maximum Gasteiger partial charge on any atom is 0.254 e. The summed E-state index contributed by atoms with van der Waals surface area (Å²) in [4.78, 5) is 25.1. The van der Waals surface area contributed by atoms with Crippen LogP contribution in [0.5, 0.6) is 0 Å². The monoisotopic (exact) mass is 334 g/mol. The molecule has 5 nitrogen and oxygen atoms in total. The molecule has 0 bridgehead atoms. The van der Waals surface area contributed by atoms with Crippen molar-refractivity contribution in [1.82, 2.24) is 14.9 Å². The Kier molecular flexibility index (Phi) is 3.92. The van der Waals surface area contributed by atoms with Gasteiger partial charge >= 0.3 is 0 Å². The van der Waals surface area contributed by atoms with Crippen LogP contribution in [0.2, 0.25) is 0 Å². The summed E-state index contributed by atoms with van der Waals surface area (Å²) in [5.74, 6) is 0.963. The minimum atomic E-state index is 0.0217. The van der Waals surface area contributed by atoms with E-state index in [2.05, 4.69) is 4.98 Å². The fourth-order valence-corrected chi connectivity index (χ4v) is 3.49. The molecule has 1 atom stereocenters. The van der Waals surface area contributed by atoms with Gasteiger partial charge in [0.15, 0.2) is 0 Å². The van der Waals surface area contributed by atoms with E-state index in [0.29, 0.717) is 0 Å². The van der Waals surface area contributed by atoms with Crippen LogP contribution in [0.15, 0.2) is 48.5 Å². The van der Waals surface area contributed by atoms with E-state index in [0.717, 1.165) is 47.5 Å². The van der Waals surface area contributed by atoms with E-state index in [1.807, 2.05) is 72.4 Å². The number of aromatic nitrogens is 2. The Morgan fingerprint density at radius 3 is 2.64 bits per heavy atom. The van der Waals surface area contributed by atoms with Crippen molar-refractivity contribution in [2.24, 2.45) is 0 Å². The molecule has 0 radical (unpaired) electrons. The molecular formula is C20H22N4O. The number of nitrogens with zero attached hydrogens (tertiary/aromatic N) is 3. The molecule has 128 valence electrons. The zero-order valence-electron chi connectivity index (χ0n) is 14.6. The third-order valence-electron chi connectivity index (χ3n) is 4.87. The van der Waals surface area contributed by atoms with Crippen molar-refractivity contribution in [1.29, 1.82) is 0 Å². The summed E-state index contributed by atoms with van der Waals surface area (Å²) in [5, 5.41) is 0. The third kappa shape index (κ3) is 2.86. The normalized spacial score (nSPS) is 17.2. The molecule has 1 aliphatic rings. The molecule has 1 amide bonds. The highest BCUT2D eigenvalue weighted by atomic mass is 16.2. The van der Waals surface area contributed by atoms with Crippen LogP contribution in [0, 0.1) is 0 Å². The van der Waals surface area contributed by atoms with Crippen molar-refractivity contribution < 1.29 is 4.79 Å². The molecule has 1 fully saturated rings. The number of para-hydroxylation sites is 2. The fraction of sp³-hybridized carbons (Fsp3) is 0.300. The molecule has 2 aromatic carbocycles. The molecule has 0 aliphatic carbocycles. The van der Waals surface area contributed by atoms with E-state index in [9.17, 15) is 4.79 Å². The van der Waals surface area contributed by atoms with Gasteiger partial charge in [0.1, 0.15) is 5.82 Å². The van der Waals surface area contributed by atoms with E-state index in [-0.39, 0.29) is 11.9 Å². The maximum atomic E-state index is 13.0. The number of nitrogens with one attached hydrogen (secondary N) is 1. The Morgan fingerprint density at radius 2 is 1.92 bits per heavy atom. The number of hydrogen-bond donors (Lipinski definition) is 1. The predicted octanol–water partition coefficient (Wildman–Crippen LogP) is 3.61. The van der Waals surface area contributed by atoms with Crippen LogP contribution in [-0.2, 0) is 0 Å². The number of carbonyl (C=O) groups excluding carboxylic acids is 1. The van der Waals surface area contributed by atoms with Crippen molar-refractivity contribution in [3.05, 3.63) is 59.9 Å². The third-order valence-corrected chi connectivity index (χ3v) is 4.87. The van der Waals surface area contributed by atoms with Gasteiger partial charge in [0.25, 0.3) is 5.91 Å². The second kappa shape index (κ2) is 6.24. The fourth-order valence-electron chi connectivity index (χ4n) is 3.49. The summed E-state index contributed by atoms with van der Waals surface area (Å²) in [6.45, 7) is 0.774. The number of amides is 1. The number of H-pyrrole nitrogens is 1. The van der Waals surface area contributed by atoms with E-state index in [1.54, 1.807) is 0 Å².